The lowest BCUT2D eigenvalue weighted by Crippen LogP contribution is -2.40. The van der Waals surface area contributed by atoms with E-state index in [9.17, 15) is 5.26 Å². The smallest absolute Gasteiger partial charge is 0.123 e. The Morgan fingerprint density at radius 1 is 1.37 bits per heavy atom. The van der Waals surface area contributed by atoms with E-state index in [2.05, 4.69) is 37.1 Å². The van der Waals surface area contributed by atoms with Gasteiger partial charge in [-0.3, -0.25) is 0 Å². The van der Waals surface area contributed by atoms with Gasteiger partial charge in [0.1, 0.15) is 5.75 Å². The molecule has 0 bridgehead atoms. The van der Waals surface area contributed by atoms with Gasteiger partial charge in [-0.25, -0.2) is 0 Å². The van der Waals surface area contributed by atoms with Crippen molar-refractivity contribution in [3.63, 3.8) is 0 Å². The monoisotopic (exact) mass is 258 g/mol. The van der Waals surface area contributed by atoms with Crippen LogP contribution in [0.1, 0.15) is 30.9 Å². The zero-order valence-corrected chi connectivity index (χ0v) is 12.1. The van der Waals surface area contributed by atoms with E-state index in [1.54, 1.807) is 7.11 Å². The van der Waals surface area contributed by atoms with Crippen LogP contribution in [-0.2, 0) is 11.8 Å². The molecule has 19 heavy (non-hydrogen) atoms. The molecule has 0 saturated carbocycles. The quantitative estimate of drug-likeness (QED) is 0.836. The van der Waals surface area contributed by atoms with Gasteiger partial charge in [0.25, 0.3) is 0 Å². The summed E-state index contributed by atoms with van der Waals surface area (Å²) in [6, 6.07) is 8.82. The second-order valence-corrected chi connectivity index (χ2v) is 5.39. The molecule has 2 rings (SSSR count). The fraction of sp³-hybridized carbons (Fsp3) is 0.562. The number of nitrogens with zero attached hydrogens (tertiary/aromatic N) is 2. The molecule has 0 aromatic heterocycles. The molecule has 1 saturated heterocycles. The number of methoxy groups -OCH3 is 1. The van der Waals surface area contributed by atoms with Crippen molar-refractivity contribution in [2.45, 2.75) is 31.6 Å². The zero-order chi connectivity index (χ0) is 13.9. The van der Waals surface area contributed by atoms with Crippen LogP contribution in [0.25, 0.3) is 0 Å². The Labute approximate surface area is 115 Å². The van der Waals surface area contributed by atoms with E-state index in [0.717, 1.165) is 43.7 Å². The molecule has 1 heterocycles. The number of nitriles is 1. The average Bonchev–Trinajstić information content (AvgIpc) is 2.48. The maximum Gasteiger partial charge on any atom is 0.123 e. The first-order valence-electron chi connectivity index (χ1n) is 6.92. The largest absolute Gasteiger partial charge is 0.496 e. The third-order valence-corrected chi connectivity index (χ3v) is 4.24. The molecule has 3 nitrogen and oxygen atoms in total. The number of piperidine rings is 1. The van der Waals surface area contributed by atoms with Crippen molar-refractivity contribution in [2.24, 2.45) is 0 Å². The van der Waals surface area contributed by atoms with Crippen molar-refractivity contribution in [2.75, 3.05) is 27.2 Å². The summed E-state index contributed by atoms with van der Waals surface area (Å²) in [5, 5.41) is 9.74. The summed E-state index contributed by atoms with van der Waals surface area (Å²) >= 11 is 0. The number of ether oxygens (including phenoxy) is 1. The molecule has 1 aromatic carbocycles. The molecule has 1 aromatic rings. The average molecular weight is 258 g/mol. The van der Waals surface area contributed by atoms with Crippen molar-refractivity contribution in [1.29, 1.82) is 5.26 Å². The molecule has 0 atom stereocenters. The van der Waals surface area contributed by atoms with Crippen LogP contribution in [0.4, 0.5) is 0 Å². The molecule has 0 aliphatic carbocycles. The first-order valence-corrected chi connectivity index (χ1v) is 6.92. The lowest BCUT2D eigenvalue weighted by atomic mass is 9.73. The summed E-state index contributed by atoms with van der Waals surface area (Å²) in [7, 11) is 3.80. The van der Waals surface area contributed by atoms with Crippen molar-refractivity contribution >= 4 is 0 Å². The Bertz CT molecular complexity index is 482. The number of hydrogen-bond acceptors (Lipinski definition) is 3. The minimum Gasteiger partial charge on any atom is -0.496 e. The van der Waals surface area contributed by atoms with Gasteiger partial charge in [0.2, 0.25) is 0 Å². The van der Waals surface area contributed by atoms with Crippen molar-refractivity contribution < 1.29 is 4.74 Å². The third-order valence-electron chi connectivity index (χ3n) is 4.24. The van der Waals surface area contributed by atoms with Crippen LogP contribution >= 0.6 is 0 Å². The van der Waals surface area contributed by atoms with Gasteiger partial charge in [-0.2, -0.15) is 5.26 Å². The predicted molar refractivity (Wildman–Crippen MR) is 76.4 cm³/mol. The van der Waals surface area contributed by atoms with E-state index in [4.69, 9.17) is 4.74 Å². The van der Waals surface area contributed by atoms with E-state index in [-0.39, 0.29) is 5.41 Å². The van der Waals surface area contributed by atoms with Crippen LogP contribution in [-0.4, -0.2) is 32.1 Å². The zero-order valence-electron chi connectivity index (χ0n) is 12.1. The van der Waals surface area contributed by atoms with Crippen molar-refractivity contribution in [3.05, 3.63) is 29.3 Å². The fourth-order valence-corrected chi connectivity index (χ4v) is 2.79. The summed E-state index contributed by atoms with van der Waals surface area (Å²) in [5.41, 5.74) is 1.96. The Morgan fingerprint density at radius 2 is 2.05 bits per heavy atom. The second-order valence-electron chi connectivity index (χ2n) is 5.39. The first kappa shape index (κ1) is 13.9. The van der Waals surface area contributed by atoms with Crippen LogP contribution in [0.2, 0.25) is 0 Å². The maximum atomic E-state index is 9.74. The normalized spacial score (nSPS) is 18.8. The van der Waals surface area contributed by atoms with Crippen LogP contribution in [0, 0.1) is 11.3 Å². The molecule has 0 spiro atoms. The molecule has 0 radical (unpaired) electrons. The van der Waals surface area contributed by atoms with Gasteiger partial charge in [-0.05, 0) is 51.0 Å². The molecule has 0 N–H and O–H groups in total. The van der Waals surface area contributed by atoms with Crippen LogP contribution in [0.3, 0.4) is 0 Å². The molecule has 1 fully saturated rings. The molecule has 3 heteroatoms. The summed E-state index contributed by atoms with van der Waals surface area (Å²) in [5.74, 6) is 0.850. The van der Waals surface area contributed by atoms with Gasteiger partial charge in [-0.15, -0.1) is 0 Å². The van der Waals surface area contributed by atoms with Crippen LogP contribution < -0.4 is 4.74 Å². The number of aryl methyl sites for hydroxylation is 1. The van der Waals surface area contributed by atoms with E-state index < -0.39 is 0 Å². The highest BCUT2D eigenvalue weighted by Gasteiger charge is 2.38. The molecule has 102 valence electrons. The van der Waals surface area contributed by atoms with Crippen LogP contribution in [0.5, 0.6) is 5.75 Å². The van der Waals surface area contributed by atoms with Gasteiger partial charge < -0.3 is 9.64 Å². The molecular weight excluding hydrogens is 236 g/mol. The second kappa shape index (κ2) is 5.63. The molecule has 1 aliphatic heterocycles. The number of hydrogen-bond donors (Lipinski definition) is 0. The molecule has 0 amide bonds. The lowest BCUT2D eigenvalue weighted by Gasteiger charge is -2.36. The number of benzene rings is 1. The van der Waals surface area contributed by atoms with Crippen molar-refractivity contribution in [1.82, 2.24) is 4.90 Å². The van der Waals surface area contributed by atoms with Gasteiger partial charge in [0, 0.05) is 5.56 Å². The highest BCUT2D eigenvalue weighted by Crippen LogP contribution is 2.40. The summed E-state index contributed by atoms with van der Waals surface area (Å²) in [6.45, 7) is 4.07. The number of rotatable bonds is 3. The van der Waals surface area contributed by atoms with Gasteiger partial charge in [-0.1, -0.05) is 19.1 Å². The minimum absolute atomic E-state index is 0.386. The van der Waals surface area contributed by atoms with E-state index >= 15 is 0 Å². The molecular formula is C16H22N2O. The number of likely N-dealkylation sites (tertiary alicyclic amines) is 1. The Hall–Kier alpha value is -1.53. The molecule has 1 aliphatic rings. The summed E-state index contributed by atoms with van der Waals surface area (Å²) in [6.07, 6.45) is 2.74. The van der Waals surface area contributed by atoms with E-state index in [1.165, 1.54) is 5.56 Å². The summed E-state index contributed by atoms with van der Waals surface area (Å²) in [4.78, 5) is 2.28. The van der Waals surface area contributed by atoms with Crippen LogP contribution in [0.15, 0.2) is 18.2 Å². The first-order chi connectivity index (χ1) is 9.15. The Balaban J connectivity index is 2.45. The van der Waals surface area contributed by atoms with E-state index in [0.29, 0.717) is 0 Å². The Morgan fingerprint density at radius 3 is 2.58 bits per heavy atom. The highest BCUT2D eigenvalue weighted by atomic mass is 16.5. The Kier molecular flexibility index (Phi) is 4.11. The van der Waals surface area contributed by atoms with Gasteiger partial charge in [0.15, 0.2) is 0 Å². The topological polar surface area (TPSA) is 36.3 Å². The maximum absolute atomic E-state index is 9.74. The molecule has 0 unspecified atom stereocenters. The van der Waals surface area contributed by atoms with E-state index in [1.807, 2.05) is 6.07 Å². The minimum atomic E-state index is -0.386. The summed E-state index contributed by atoms with van der Waals surface area (Å²) < 4.78 is 5.49. The van der Waals surface area contributed by atoms with Crippen molar-refractivity contribution in [3.8, 4) is 11.8 Å². The lowest BCUT2D eigenvalue weighted by molar-refractivity contribution is 0.218. The highest BCUT2D eigenvalue weighted by molar-refractivity contribution is 5.46. The standard InChI is InChI=1S/C16H22N2O/c1-4-13-5-6-15(19-3)14(11-13)16(12-17)7-9-18(2)10-8-16/h5-6,11H,4,7-10H2,1-3H3. The third kappa shape index (κ3) is 2.59. The van der Waals surface area contributed by atoms with Gasteiger partial charge in [0.05, 0.1) is 18.6 Å². The SMILES string of the molecule is CCc1ccc(OC)c(C2(C#N)CCN(C)CC2)c1. The predicted octanol–water partition coefficient (Wildman–Crippen LogP) is 2.74. The fourth-order valence-electron chi connectivity index (χ4n) is 2.79. The van der Waals surface area contributed by atoms with Gasteiger partial charge >= 0.3 is 0 Å².